The third-order valence-corrected chi connectivity index (χ3v) is 4.72. The largest absolute Gasteiger partial charge is 0.377 e. The van der Waals surface area contributed by atoms with Crippen molar-refractivity contribution in [2.24, 2.45) is 0 Å². The van der Waals surface area contributed by atoms with Crippen molar-refractivity contribution in [1.29, 1.82) is 0 Å². The summed E-state index contributed by atoms with van der Waals surface area (Å²) in [6.07, 6.45) is 1.74. The number of aromatic amines is 1. The second kappa shape index (κ2) is 7.00. The van der Waals surface area contributed by atoms with Crippen molar-refractivity contribution in [2.75, 3.05) is 12.4 Å². The lowest BCUT2D eigenvalue weighted by atomic mass is 10.1. The van der Waals surface area contributed by atoms with Crippen LogP contribution in [0.4, 0.5) is 5.82 Å². The molecule has 4 rings (SSSR count). The Hall–Kier alpha value is -2.77. The normalized spacial score (nSPS) is 11.1. The Morgan fingerprint density at radius 2 is 2.04 bits per heavy atom. The summed E-state index contributed by atoms with van der Waals surface area (Å²) in [5, 5.41) is 13.5. The average molecular weight is 351 g/mol. The summed E-state index contributed by atoms with van der Waals surface area (Å²) in [5.41, 5.74) is 3.29. The highest BCUT2D eigenvalue weighted by Crippen LogP contribution is 2.37. The fourth-order valence-corrected chi connectivity index (χ4v) is 3.67. The molecule has 4 aromatic rings. The summed E-state index contributed by atoms with van der Waals surface area (Å²) in [4.78, 5) is 10.3. The molecule has 0 aliphatic heterocycles. The van der Waals surface area contributed by atoms with E-state index in [1.165, 1.54) is 0 Å². The second-order valence-electron chi connectivity index (χ2n) is 5.55. The molecule has 3 heterocycles. The molecule has 0 unspecified atom stereocenters. The van der Waals surface area contributed by atoms with Crippen molar-refractivity contribution < 1.29 is 4.74 Å². The summed E-state index contributed by atoms with van der Waals surface area (Å²) >= 11 is 1.62. The molecule has 0 fully saturated rings. The minimum absolute atomic E-state index is 0.382. The number of rotatable bonds is 6. The minimum atomic E-state index is 0.382. The van der Waals surface area contributed by atoms with Crippen molar-refractivity contribution >= 4 is 27.4 Å². The van der Waals surface area contributed by atoms with Gasteiger partial charge in [0, 0.05) is 24.3 Å². The molecule has 0 radical (unpaired) electrons. The minimum Gasteiger partial charge on any atom is -0.377 e. The highest BCUT2D eigenvalue weighted by molar-refractivity contribution is 7.17. The molecule has 1 aromatic carbocycles. The molecule has 0 bridgehead atoms. The van der Waals surface area contributed by atoms with E-state index in [9.17, 15) is 0 Å². The smallest absolute Gasteiger partial charge is 0.158 e. The summed E-state index contributed by atoms with van der Waals surface area (Å²) < 4.78 is 5.21. The van der Waals surface area contributed by atoms with Crippen LogP contribution in [-0.4, -0.2) is 27.3 Å². The van der Waals surface area contributed by atoms with Crippen LogP contribution in [0.3, 0.4) is 0 Å². The molecule has 2 N–H and O–H groups in total. The van der Waals surface area contributed by atoms with Crippen molar-refractivity contribution in [1.82, 2.24) is 20.2 Å². The van der Waals surface area contributed by atoms with E-state index in [-0.39, 0.29) is 0 Å². The van der Waals surface area contributed by atoms with Crippen LogP contribution in [0.5, 0.6) is 0 Å². The first-order chi connectivity index (χ1) is 12.3. The molecule has 0 aliphatic rings. The molecule has 0 amide bonds. The number of nitrogens with one attached hydrogen (secondary N) is 2. The zero-order valence-electron chi connectivity index (χ0n) is 13.7. The third kappa shape index (κ3) is 3.24. The van der Waals surface area contributed by atoms with Gasteiger partial charge in [-0.15, -0.1) is 11.3 Å². The zero-order chi connectivity index (χ0) is 17.1. The molecule has 6 nitrogen and oxygen atoms in total. The number of hydrogen-bond acceptors (Lipinski definition) is 6. The van der Waals surface area contributed by atoms with Gasteiger partial charge in [0.1, 0.15) is 17.3 Å². The van der Waals surface area contributed by atoms with Gasteiger partial charge in [-0.2, -0.15) is 5.10 Å². The first-order valence-electron chi connectivity index (χ1n) is 7.90. The van der Waals surface area contributed by atoms with Gasteiger partial charge in [0.05, 0.1) is 17.6 Å². The maximum absolute atomic E-state index is 5.21. The number of ether oxygens (including phenoxy) is 1. The predicted molar refractivity (Wildman–Crippen MR) is 99.5 cm³/mol. The maximum Gasteiger partial charge on any atom is 0.158 e. The van der Waals surface area contributed by atoms with Crippen molar-refractivity contribution in [3.8, 4) is 11.1 Å². The first-order valence-corrected chi connectivity index (χ1v) is 8.77. The van der Waals surface area contributed by atoms with Gasteiger partial charge in [0.15, 0.2) is 5.82 Å². The first kappa shape index (κ1) is 15.7. The second-order valence-corrected chi connectivity index (χ2v) is 6.41. The van der Waals surface area contributed by atoms with Crippen molar-refractivity contribution in [3.63, 3.8) is 0 Å². The number of nitrogens with zero attached hydrogens (tertiary/aromatic N) is 3. The fraction of sp³-hybridized carbons (Fsp3) is 0.167. The van der Waals surface area contributed by atoms with Crippen LogP contribution in [0.2, 0.25) is 0 Å². The van der Waals surface area contributed by atoms with Gasteiger partial charge < -0.3 is 10.1 Å². The lowest BCUT2D eigenvalue weighted by molar-refractivity contribution is 0.178. The predicted octanol–water partition coefficient (Wildman–Crippen LogP) is 3.84. The highest BCUT2D eigenvalue weighted by atomic mass is 32.1. The van der Waals surface area contributed by atoms with Crippen LogP contribution in [-0.2, 0) is 17.9 Å². The van der Waals surface area contributed by atoms with Crippen LogP contribution >= 0.6 is 11.3 Å². The van der Waals surface area contributed by atoms with Gasteiger partial charge in [-0.1, -0.05) is 30.3 Å². The Balaban J connectivity index is 1.80. The summed E-state index contributed by atoms with van der Waals surface area (Å²) in [7, 11) is 1.65. The topological polar surface area (TPSA) is 75.7 Å². The lowest BCUT2D eigenvalue weighted by Crippen LogP contribution is -2.06. The van der Waals surface area contributed by atoms with E-state index in [2.05, 4.69) is 43.0 Å². The SMILES string of the molecule is COCc1nc(NCc2ccn[nH]2)c2c(-c3ccccc3)csc2n1. The quantitative estimate of drug-likeness (QED) is 0.552. The van der Waals surface area contributed by atoms with E-state index in [1.54, 1.807) is 24.6 Å². The molecule has 0 saturated heterocycles. The zero-order valence-corrected chi connectivity index (χ0v) is 14.5. The molecule has 7 heteroatoms. The Bertz CT molecular complexity index is 966. The number of benzene rings is 1. The molecule has 25 heavy (non-hydrogen) atoms. The van der Waals surface area contributed by atoms with Gasteiger partial charge >= 0.3 is 0 Å². The standard InChI is InChI=1S/C18H17N5OS/c1-24-10-15-21-17(19-9-13-7-8-20-23-13)16-14(11-25-18(16)22-15)12-5-3-2-4-6-12/h2-8,11H,9-10H2,1H3,(H,20,23)(H,19,21,22). The molecule has 3 aromatic heterocycles. The van der Waals surface area contributed by atoms with Crippen LogP contribution in [0, 0.1) is 0 Å². The number of methoxy groups -OCH3 is 1. The monoisotopic (exact) mass is 351 g/mol. The molecular formula is C18H17N5OS. The molecule has 0 atom stereocenters. The van der Waals surface area contributed by atoms with E-state index in [4.69, 9.17) is 4.74 Å². The molecule has 0 aliphatic carbocycles. The van der Waals surface area contributed by atoms with Crippen LogP contribution in [0.15, 0.2) is 48.0 Å². The Morgan fingerprint density at radius 1 is 1.16 bits per heavy atom. The number of fused-ring (bicyclic) bond motifs is 1. The molecule has 0 saturated carbocycles. The number of aromatic nitrogens is 4. The van der Waals surface area contributed by atoms with Crippen LogP contribution < -0.4 is 5.32 Å². The van der Waals surface area contributed by atoms with E-state index >= 15 is 0 Å². The van der Waals surface area contributed by atoms with Gasteiger partial charge in [-0.05, 0) is 11.6 Å². The van der Waals surface area contributed by atoms with Gasteiger partial charge in [-0.25, -0.2) is 9.97 Å². The Morgan fingerprint density at radius 3 is 2.80 bits per heavy atom. The lowest BCUT2D eigenvalue weighted by Gasteiger charge is -2.10. The van der Waals surface area contributed by atoms with Gasteiger partial charge in [-0.3, -0.25) is 5.10 Å². The number of anilines is 1. The van der Waals surface area contributed by atoms with E-state index in [1.807, 2.05) is 24.3 Å². The van der Waals surface area contributed by atoms with E-state index in [0.29, 0.717) is 19.0 Å². The van der Waals surface area contributed by atoms with E-state index < -0.39 is 0 Å². The van der Waals surface area contributed by atoms with Crippen LogP contribution in [0.1, 0.15) is 11.5 Å². The number of hydrogen-bond donors (Lipinski definition) is 2. The highest BCUT2D eigenvalue weighted by Gasteiger charge is 2.15. The van der Waals surface area contributed by atoms with E-state index in [0.717, 1.165) is 32.9 Å². The average Bonchev–Trinajstić information content (AvgIpc) is 3.30. The Kier molecular flexibility index (Phi) is 4.41. The summed E-state index contributed by atoms with van der Waals surface area (Å²) in [6.45, 7) is 0.996. The number of H-pyrrole nitrogens is 1. The summed E-state index contributed by atoms with van der Waals surface area (Å²) in [6, 6.07) is 12.2. The van der Waals surface area contributed by atoms with Crippen LogP contribution in [0.25, 0.3) is 21.3 Å². The van der Waals surface area contributed by atoms with Gasteiger partial charge in [0.2, 0.25) is 0 Å². The molecular weight excluding hydrogens is 334 g/mol. The fourth-order valence-electron chi connectivity index (χ4n) is 2.70. The van der Waals surface area contributed by atoms with Crippen molar-refractivity contribution in [3.05, 3.63) is 59.5 Å². The number of thiophene rings is 1. The molecule has 126 valence electrons. The maximum atomic E-state index is 5.21. The Labute approximate surface area is 148 Å². The van der Waals surface area contributed by atoms with Gasteiger partial charge in [0.25, 0.3) is 0 Å². The summed E-state index contributed by atoms with van der Waals surface area (Å²) in [5.74, 6) is 1.48. The third-order valence-electron chi connectivity index (χ3n) is 3.84. The van der Waals surface area contributed by atoms with Crippen molar-refractivity contribution in [2.45, 2.75) is 13.2 Å². The molecule has 0 spiro atoms.